The Bertz CT molecular complexity index is 1490. The first-order valence-corrected chi connectivity index (χ1v) is 15.8. The highest BCUT2D eigenvalue weighted by molar-refractivity contribution is 7.90. The van der Waals surface area contributed by atoms with Gasteiger partial charge in [0, 0.05) is 33.1 Å². The lowest BCUT2D eigenvalue weighted by atomic mass is 10.0. The summed E-state index contributed by atoms with van der Waals surface area (Å²) in [6, 6.07) is 21.3. The molecule has 0 heterocycles. The zero-order chi connectivity index (χ0) is 31.7. The highest BCUT2D eigenvalue weighted by atomic mass is 32.2. The van der Waals surface area contributed by atoms with E-state index in [1.807, 2.05) is 88.4 Å². The second-order valence-corrected chi connectivity index (χ2v) is 13.1. The third-order valence-electron chi connectivity index (χ3n) is 7.41. The molecule has 0 aromatic heterocycles. The normalized spacial score (nSPS) is 12.8. The van der Waals surface area contributed by atoms with Gasteiger partial charge in [0.15, 0.2) is 0 Å². The Morgan fingerprint density at radius 1 is 0.930 bits per heavy atom. The van der Waals surface area contributed by atoms with Gasteiger partial charge in [0.2, 0.25) is 11.8 Å². The zero-order valence-electron chi connectivity index (χ0n) is 26.2. The summed E-state index contributed by atoms with van der Waals surface area (Å²) in [4.78, 5) is 29.8. The van der Waals surface area contributed by atoms with Crippen LogP contribution in [0.15, 0.2) is 72.8 Å². The van der Waals surface area contributed by atoms with Crippen LogP contribution in [0.1, 0.15) is 42.5 Å². The molecule has 0 radical (unpaired) electrons. The minimum Gasteiger partial charge on any atom is -0.497 e. The maximum Gasteiger partial charge on any atom is 0.304 e. The molecule has 3 rings (SSSR count). The fraction of sp³-hybridized carbons (Fsp3) is 0.394. The number of anilines is 1. The second kappa shape index (κ2) is 15.0. The van der Waals surface area contributed by atoms with E-state index in [1.165, 1.54) is 19.0 Å². The van der Waals surface area contributed by atoms with Crippen LogP contribution in [0.25, 0.3) is 0 Å². The summed E-state index contributed by atoms with van der Waals surface area (Å²) >= 11 is 0. The molecule has 0 unspecified atom stereocenters. The van der Waals surface area contributed by atoms with Gasteiger partial charge in [-0.25, -0.2) is 4.31 Å². The molecule has 0 saturated carbocycles. The van der Waals surface area contributed by atoms with Crippen molar-refractivity contribution in [1.82, 2.24) is 14.5 Å². The van der Waals surface area contributed by atoms with Crippen LogP contribution in [0.4, 0.5) is 5.69 Å². The van der Waals surface area contributed by atoms with E-state index in [-0.39, 0.29) is 24.9 Å². The van der Waals surface area contributed by atoms with E-state index in [9.17, 15) is 18.0 Å². The van der Waals surface area contributed by atoms with E-state index < -0.39 is 28.7 Å². The van der Waals surface area contributed by atoms with Gasteiger partial charge in [-0.15, -0.1) is 0 Å². The average Bonchev–Trinajstić information content (AvgIpc) is 2.99. The predicted molar refractivity (Wildman–Crippen MR) is 171 cm³/mol. The van der Waals surface area contributed by atoms with Crippen molar-refractivity contribution in [3.8, 4) is 5.75 Å². The molecule has 0 aliphatic heterocycles. The summed E-state index contributed by atoms with van der Waals surface area (Å²) in [5.41, 5.74) is 3.60. The molecule has 232 valence electrons. The number of carbonyl (C=O) groups is 2. The molecule has 0 spiro atoms. The number of nitrogens with zero attached hydrogens (tertiary/aromatic N) is 3. The van der Waals surface area contributed by atoms with Crippen LogP contribution in [-0.2, 0) is 32.8 Å². The lowest BCUT2D eigenvalue weighted by Crippen LogP contribution is -2.55. The maximum absolute atomic E-state index is 14.4. The Hall–Kier alpha value is -3.89. The van der Waals surface area contributed by atoms with Gasteiger partial charge in [-0.1, -0.05) is 61.5 Å². The average molecular weight is 609 g/mol. The molecule has 43 heavy (non-hydrogen) atoms. The first-order valence-electron chi connectivity index (χ1n) is 14.4. The largest absolute Gasteiger partial charge is 0.497 e. The van der Waals surface area contributed by atoms with Crippen molar-refractivity contribution in [2.24, 2.45) is 0 Å². The van der Waals surface area contributed by atoms with E-state index in [4.69, 9.17) is 4.74 Å². The molecule has 2 amide bonds. The number of hydrogen-bond donors (Lipinski definition) is 1. The smallest absolute Gasteiger partial charge is 0.304 e. The number of benzene rings is 3. The molecule has 0 fully saturated rings. The molecule has 0 aliphatic rings. The van der Waals surface area contributed by atoms with Gasteiger partial charge in [-0.2, -0.15) is 12.7 Å². The van der Waals surface area contributed by atoms with Crippen molar-refractivity contribution in [1.29, 1.82) is 0 Å². The molecule has 0 aliphatic carbocycles. The predicted octanol–water partition coefficient (Wildman–Crippen LogP) is 4.48. The number of hydrogen-bond acceptors (Lipinski definition) is 5. The Balaban J connectivity index is 2.15. The van der Waals surface area contributed by atoms with E-state index in [2.05, 4.69) is 5.32 Å². The van der Waals surface area contributed by atoms with Crippen molar-refractivity contribution in [2.45, 2.75) is 59.2 Å². The molecule has 9 nitrogen and oxygen atoms in total. The van der Waals surface area contributed by atoms with E-state index in [1.54, 1.807) is 19.2 Å². The van der Waals surface area contributed by atoms with Crippen LogP contribution in [-0.4, -0.2) is 69.3 Å². The van der Waals surface area contributed by atoms with E-state index >= 15 is 0 Å². The van der Waals surface area contributed by atoms with E-state index in [0.29, 0.717) is 17.0 Å². The number of methoxy groups -OCH3 is 1. The number of aryl methyl sites for hydroxylation is 2. The lowest BCUT2D eigenvalue weighted by Gasteiger charge is -2.35. The number of rotatable bonds is 14. The minimum absolute atomic E-state index is 0.0735. The molecule has 2 atom stereocenters. The van der Waals surface area contributed by atoms with Gasteiger partial charge in [-0.05, 0) is 67.6 Å². The molecule has 1 N–H and O–H groups in total. The summed E-state index contributed by atoms with van der Waals surface area (Å²) in [7, 11) is 0.359. The van der Waals surface area contributed by atoms with Gasteiger partial charge in [0.05, 0.1) is 12.8 Å². The van der Waals surface area contributed by atoms with Crippen molar-refractivity contribution in [3.05, 3.63) is 95.1 Å². The first kappa shape index (κ1) is 33.6. The van der Waals surface area contributed by atoms with Gasteiger partial charge < -0.3 is 15.0 Å². The number of carbonyl (C=O) groups excluding carboxylic acids is 2. The fourth-order valence-corrected chi connectivity index (χ4v) is 5.77. The summed E-state index contributed by atoms with van der Waals surface area (Å²) in [5.74, 6) is -0.196. The topological polar surface area (TPSA) is 99.3 Å². The van der Waals surface area contributed by atoms with Gasteiger partial charge in [0.25, 0.3) is 0 Å². The quantitative estimate of drug-likeness (QED) is 0.291. The SMILES string of the molecule is CC[C@@H](C)NC(=O)[C@H](Cc1ccccc1)N(Cc1cccc(OC)c1)C(=O)CN(c1cc(C)ccc1C)S(=O)(=O)N(C)C. The molecule has 10 heteroatoms. The van der Waals surface area contributed by atoms with E-state index in [0.717, 1.165) is 31.7 Å². The molecule has 3 aromatic carbocycles. The number of amides is 2. The molecule has 3 aromatic rings. The Morgan fingerprint density at radius 2 is 1.60 bits per heavy atom. The van der Waals surface area contributed by atoms with Crippen molar-refractivity contribution >= 4 is 27.7 Å². The second-order valence-electron chi connectivity index (χ2n) is 11.0. The van der Waals surface area contributed by atoms with Crippen molar-refractivity contribution in [2.75, 3.05) is 32.1 Å². The van der Waals surface area contributed by atoms with Crippen LogP contribution < -0.4 is 14.4 Å². The van der Waals surface area contributed by atoms with Gasteiger partial charge in [0.1, 0.15) is 18.3 Å². The van der Waals surface area contributed by atoms with Gasteiger partial charge in [-0.3, -0.25) is 9.59 Å². The summed E-state index contributed by atoms with van der Waals surface area (Å²) in [6.07, 6.45) is 0.970. The van der Waals surface area contributed by atoms with Crippen LogP contribution in [0, 0.1) is 13.8 Å². The van der Waals surface area contributed by atoms with Crippen LogP contribution in [0.5, 0.6) is 5.75 Å². The first-order chi connectivity index (χ1) is 20.4. The standard InChI is InChI=1S/C33H44N4O5S/c1-8-26(4)34-33(39)31(21-27-13-10-9-11-14-27)36(22-28-15-12-16-29(20-28)42-7)32(38)23-37(43(40,41)35(5)6)30-19-24(2)17-18-25(30)3/h9-20,26,31H,8,21-23H2,1-7H3,(H,34,39)/t26-,31+/m1/s1. The Labute approximate surface area is 256 Å². The Kier molecular flexibility index (Phi) is 11.7. The minimum atomic E-state index is -4.07. The van der Waals surface area contributed by atoms with Crippen molar-refractivity contribution in [3.63, 3.8) is 0 Å². The van der Waals surface area contributed by atoms with Crippen LogP contribution >= 0.6 is 0 Å². The highest BCUT2D eigenvalue weighted by Gasteiger charge is 2.35. The zero-order valence-corrected chi connectivity index (χ0v) is 27.0. The molecular formula is C33H44N4O5S. The molecule has 0 saturated heterocycles. The third-order valence-corrected chi connectivity index (χ3v) is 9.22. The van der Waals surface area contributed by atoms with Crippen molar-refractivity contribution < 1.29 is 22.7 Å². The van der Waals surface area contributed by atoms with Gasteiger partial charge >= 0.3 is 10.2 Å². The third kappa shape index (κ3) is 8.81. The van der Waals surface area contributed by atoms with Crippen LogP contribution in [0.3, 0.4) is 0 Å². The lowest BCUT2D eigenvalue weighted by molar-refractivity contribution is -0.140. The summed E-state index contributed by atoms with van der Waals surface area (Å²) in [6.45, 7) is 7.15. The highest BCUT2D eigenvalue weighted by Crippen LogP contribution is 2.26. The maximum atomic E-state index is 14.4. The molecule has 0 bridgehead atoms. The van der Waals surface area contributed by atoms with Crippen LogP contribution in [0.2, 0.25) is 0 Å². The monoisotopic (exact) mass is 608 g/mol. The molecular weight excluding hydrogens is 564 g/mol. The number of ether oxygens (including phenoxy) is 1. The Morgan fingerprint density at radius 3 is 2.23 bits per heavy atom. The summed E-state index contributed by atoms with van der Waals surface area (Å²) in [5, 5.41) is 3.05. The fourth-order valence-electron chi connectivity index (χ4n) is 4.65. The number of nitrogens with one attached hydrogen (secondary N) is 1. The summed E-state index contributed by atoms with van der Waals surface area (Å²) < 4.78 is 34.9.